The number of nitrogens with zero attached hydrogens (tertiary/aromatic N) is 1. The number of sulfonamides is 2. The molecule has 1 rings (SSSR count). The molecule has 126 valence electrons. The highest BCUT2D eigenvalue weighted by molar-refractivity contribution is 7.92. The Bertz CT molecular complexity index is 721. The summed E-state index contributed by atoms with van der Waals surface area (Å²) in [6, 6.07) is 4.42. The van der Waals surface area contributed by atoms with E-state index in [1.54, 1.807) is 6.92 Å². The molecule has 0 aliphatic heterocycles. The largest absolute Gasteiger partial charge is 0.268 e. The first kappa shape index (κ1) is 19.5. The van der Waals surface area contributed by atoms with Gasteiger partial charge in [-0.2, -0.15) is 0 Å². The molecule has 0 aliphatic rings. The van der Waals surface area contributed by atoms with Crippen LogP contribution in [0.1, 0.15) is 13.3 Å². The van der Waals surface area contributed by atoms with Gasteiger partial charge < -0.3 is 0 Å². The van der Waals surface area contributed by atoms with Gasteiger partial charge in [0.05, 0.1) is 22.7 Å². The van der Waals surface area contributed by atoms with Crippen molar-refractivity contribution in [2.75, 3.05) is 29.4 Å². The van der Waals surface area contributed by atoms with Gasteiger partial charge in [0, 0.05) is 18.1 Å². The molecule has 0 amide bonds. The average Bonchev–Trinajstić information content (AvgIpc) is 2.34. The summed E-state index contributed by atoms with van der Waals surface area (Å²) < 4.78 is 50.4. The first-order valence-electron chi connectivity index (χ1n) is 6.47. The van der Waals surface area contributed by atoms with E-state index in [2.05, 4.69) is 4.72 Å². The summed E-state index contributed by atoms with van der Waals surface area (Å²) in [4.78, 5) is 0. The third-order valence-corrected chi connectivity index (χ3v) is 6.00. The van der Waals surface area contributed by atoms with Gasteiger partial charge >= 0.3 is 0 Å². The van der Waals surface area contributed by atoms with Crippen molar-refractivity contribution in [3.63, 3.8) is 0 Å². The maximum atomic E-state index is 11.9. The molecule has 0 aromatic heterocycles. The molecule has 1 aromatic carbocycles. The Balaban J connectivity index is 2.93. The Hall–Kier alpha value is -0.540. The first-order valence-corrected chi connectivity index (χ1v) is 10.7. The molecular weight excluding hydrogens is 371 g/mol. The predicted octanol–water partition coefficient (Wildman–Crippen LogP) is 2.09. The van der Waals surface area contributed by atoms with Crippen molar-refractivity contribution in [3.05, 3.63) is 28.2 Å². The summed E-state index contributed by atoms with van der Waals surface area (Å²) in [6.07, 6.45) is 1.51. The number of rotatable bonds is 8. The molecular formula is C12H18Cl2N2O4S2. The second-order valence-corrected chi connectivity index (χ2v) is 9.32. The summed E-state index contributed by atoms with van der Waals surface area (Å²) in [5.74, 6) is -0.00637. The number of nitrogens with one attached hydrogen (secondary N) is 1. The van der Waals surface area contributed by atoms with Crippen molar-refractivity contribution in [2.24, 2.45) is 0 Å². The minimum atomic E-state index is -3.61. The fourth-order valence-corrected chi connectivity index (χ4v) is 4.38. The Morgan fingerprint density at radius 3 is 2.32 bits per heavy atom. The third kappa shape index (κ3) is 5.92. The zero-order valence-electron chi connectivity index (χ0n) is 12.2. The van der Waals surface area contributed by atoms with Crippen molar-refractivity contribution in [3.8, 4) is 0 Å². The van der Waals surface area contributed by atoms with Gasteiger partial charge in [0.2, 0.25) is 20.0 Å². The summed E-state index contributed by atoms with van der Waals surface area (Å²) in [5.41, 5.74) is 0.253. The molecule has 0 aliphatic carbocycles. The first-order chi connectivity index (χ1) is 10.1. The molecule has 0 unspecified atom stereocenters. The van der Waals surface area contributed by atoms with Crippen LogP contribution in [0.15, 0.2) is 18.2 Å². The number of anilines is 1. The topological polar surface area (TPSA) is 83.6 Å². The summed E-state index contributed by atoms with van der Waals surface area (Å²) in [7, 11) is -7.01. The molecule has 1 N–H and O–H groups in total. The SMILES string of the molecule is CCCS(=O)(=O)NCCN(c1ccc(Cl)cc1Cl)S(C)(=O)=O. The second kappa shape index (κ2) is 7.83. The number of hydrogen-bond acceptors (Lipinski definition) is 4. The molecule has 0 saturated carbocycles. The second-order valence-electron chi connectivity index (χ2n) is 4.64. The minimum absolute atomic E-state index is 0.00637. The summed E-state index contributed by atoms with van der Waals surface area (Å²) in [6.45, 7) is 1.63. The van der Waals surface area contributed by atoms with E-state index in [9.17, 15) is 16.8 Å². The molecule has 0 saturated heterocycles. The molecule has 0 atom stereocenters. The molecule has 10 heteroatoms. The number of halogens is 2. The van der Waals surface area contributed by atoms with E-state index >= 15 is 0 Å². The minimum Gasteiger partial charge on any atom is -0.268 e. The van der Waals surface area contributed by atoms with Gasteiger partial charge in [0.25, 0.3) is 0 Å². The van der Waals surface area contributed by atoms with Crippen molar-refractivity contribution in [1.29, 1.82) is 0 Å². The van der Waals surface area contributed by atoms with Crippen molar-refractivity contribution in [2.45, 2.75) is 13.3 Å². The van der Waals surface area contributed by atoms with E-state index in [-0.39, 0.29) is 29.6 Å². The van der Waals surface area contributed by atoms with Gasteiger partial charge in [-0.15, -0.1) is 0 Å². The van der Waals surface area contributed by atoms with E-state index in [0.717, 1.165) is 10.6 Å². The fourth-order valence-electron chi connectivity index (χ4n) is 1.79. The lowest BCUT2D eigenvalue weighted by Crippen LogP contribution is -2.38. The van der Waals surface area contributed by atoms with Crippen LogP contribution in [0.2, 0.25) is 10.0 Å². The van der Waals surface area contributed by atoms with Gasteiger partial charge in [-0.1, -0.05) is 30.1 Å². The summed E-state index contributed by atoms with van der Waals surface area (Å²) in [5, 5.41) is 0.556. The highest BCUT2D eigenvalue weighted by Gasteiger charge is 2.20. The molecule has 0 spiro atoms. The normalized spacial score (nSPS) is 12.4. The third-order valence-electron chi connectivity index (χ3n) is 2.69. The smallest absolute Gasteiger partial charge is 0.232 e. The van der Waals surface area contributed by atoms with E-state index in [1.807, 2.05) is 0 Å². The lowest BCUT2D eigenvalue weighted by atomic mass is 10.3. The zero-order chi connectivity index (χ0) is 17.0. The molecule has 0 heterocycles. The molecule has 1 aromatic rings. The van der Waals surface area contributed by atoms with Crippen molar-refractivity contribution in [1.82, 2.24) is 4.72 Å². The lowest BCUT2D eigenvalue weighted by molar-refractivity contribution is 0.577. The zero-order valence-corrected chi connectivity index (χ0v) is 15.4. The van der Waals surface area contributed by atoms with E-state index in [0.29, 0.717) is 11.4 Å². The molecule has 0 bridgehead atoms. The Morgan fingerprint density at radius 1 is 1.18 bits per heavy atom. The standard InChI is InChI=1S/C12H18Cl2N2O4S2/c1-3-8-22(19,20)15-6-7-16(21(2,17)18)12-5-4-10(13)9-11(12)14/h4-5,9,15H,3,6-8H2,1-2H3. The van der Waals surface area contributed by atoms with Gasteiger partial charge in [-0.05, 0) is 24.6 Å². The predicted molar refractivity (Wildman–Crippen MR) is 90.7 cm³/mol. The average molecular weight is 389 g/mol. The highest BCUT2D eigenvalue weighted by Crippen LogP contribution is 2.30. The monoisotopic (exact) mass is 388 g/mol. The van der Waals surface area contributed by atoms with Crippen LogP contribution in [0.4, 0.5) is 5.69 Å². The van der Waals surface area contributed by atoms with Crippen LogP contribution in [0.25, 0.3) is 0 Å². The van der Waals surface area contributed by atoms with Crippen LogP contribution < -0.4 is 9.03 Å². The Labute approximate surface area is 141 Å². The Kier molecular flexibility index (Phi) is 6.94. The van der Waals surface area contributed by atoms with Crippen LogP contribution in [0.3, 0.4) is 0 Å². The quantitative estimate of drug-likeness (QED) is 0.738. The van der Waals surface area contributed by atoms with Crippen molar-refractivity contribution < 1.29 is 16.8 Å². The number of benzene rings is 1. The van der Waals surface area contributed by atoms with Gasteiger partial charge in [0.15, 0.2) is 0 Å². The molecule has 6 nitrogen and oxygen atoms in total. The summed E-state index contributed by atoms with van der Waals surface area (Å²) >= 11 is 11.8. The van der Waals surface area contributed by atoms with Gasteiger partial charge in [-0.3, -0.25) is 4.31 Å². The molecule has 0 radical (unpaired) electrons. The molecule has 22 heavy (non-hydrogen) atoms. The highest BCUT2D eigenvalue weighted by atomic mass is 35.5. The van der Waals surface area contributed by atoms with Crippen LogP contribution >= 0.6 is 23.2 Å². The Morgan fingerprint density at radius 2 is 1.82 bits per heavy atom. The van der Waals surface area contributed by atoms with Crippen LogP contribution in [-0.2, 0) is 20.0 Å². The van der Waals surface area contributed by atoms with Crippen LogP contribution in [0.5, 0.6) is 0 Å². The lowest BCUT2D eigenvalue weighted by Gasteiger charge is -2.23. The van der Waals surface area contributed by atoms with E-state index in [4.69, 9.17) is 23.2 Å². The van der Waals surface area contributed by atoms with Crippen LogP contribution in [0, 0.1) is 0 Å². The van der Waals surface area contributed by atoms with Crippen molar-refractivity contribution >= 4 is 48.9 Å². The van der Waals surface area contributed by atoms with Crippen LogP contribution in [-0.4, -0.2) is 41.9 Å². The number of hydrogen-bond donors (Lipinski definition) is 1. The maximum Gasteiger partial charge on any atom is 0.232 e. The van der Waals surface area contributed by atoms with Gasteiger partial charge in [0.1, 0.15) is 0 Å². The maximum absolute atomic E-state index is 11.9. The fraction of sp³-hybridized carbons (Fsp3) is 0.500. The molecule has 0 fully saturated rings. The van der Waals surface area contributed by atoms with E-state index in [1.165, 1.54) is 18.2 Å². The van der Waals surface area contributed by atoms with Gasteiger partial charge in [-0.25, -0.2) is 21.6 Å². The van der Waals surface area contributed by atoms with E-state index < -0.39 is 20.0 Å².